The first kappa shape index (κ1) is 16.3. The maximum Gasteiger partial charge on any atom is 0.224 e. The van der Waals surface area contributed by atoms with E-state index >= 15 is 0 Å². The summed E-state index contributed by atoms with van der Waals surface area (Å²) < 4.78 is 5.50. The van der Waals surface area contributed by atoms with E-state index in [0.717, 1.165) is 44.7 Å². The molecule has 2 N–H and O–H groups in total. The highest BCUT2D eigenvalue weighted by molar-refractivity contribution is 5.85. The van der Waals surface area contributed by atoms with Crippen LogP contribution < -0.4 is 5.73 Å². The Kier molecular flexibility index (Phi) is 5.25. The number of likely N-dealkylation sites (tertiary alicyclic amines) is 1. The third-order valence-corrected chi connectivity index (χ3v) is 4.60. The van der Waals surface area contributed by atoms with Crippen LogP contribution in [0.2, 0.25) is 0 Å². The van der Waals surface area contributed by atoms with Crippen LogP contribution in [-0.4, -0.2) is 37.1 Å². The van der Waals surface area contributed by atoms with Gasteiger partial charge in [-0.05, 0) is 18.4 Å². The molecule has 0 bridgehead atoms. The Bertz CT molecular complexity index is 474. The van der Waals surface area contributed by atoms with E-state index in [9.17, 15) is 4.79 Å². The zero-order valence-electron chi connectivity index (χ0n) is 12.2. The van der Waals surface area contributed by atoms with Crippen molar-refractivity contribution in [2.45, 2.75) is 25.3 Å². The molecular formula is C16H23ClN2O2. The van der Waals surface area contributed by atoms with Gasteiger partial charge in [0.2, 0.25) is 5.91 Å². The molecule has 0 radical (unpaired) electrons. The van der Waals surface area contributed by atoms with Crippen LogP contribution in [0.4, 0.5) is 0 Å². The first-order chi connectivity index (χ1) is 9.69. The Morgan fingerprint density at radius 2 is 2.10 bits per heavy atom. The van der Waals surface area contributed by atoms with Crippen LogP contribution in [0.15, 0.2) is 30.3 Å². The first-order valence-electron chi connectivity index (χ1n) is 7.35. The van der Waals surface area contributed by atoms with E-state index < -0.39 is 0 Å². The minimum atomic E-state index is -0.208. The number of carbonyl (C=O) groups excluding carboxylic acids is 1. The molecule has 2 unspecified atom stereocenters. The van der Waals surface area contributed by atoms with Gasteiger partial charge in [-0.3, -0.25) is 4.79 Å². The molecular weight excluding hydrogens is 288 g/mol. The molecule has 4 nitrogen and oxygen atoms in total. The van der Waals surface area contributed by atoms with Gasteiger partial charge in [-0.25, -0.2) is 0 Å². The lowest BCUT2D eigenvalue weighted by Crippen LogP contribution is -2.34. The summed E-state index contributed by atoms with van der Waals surface area (Å²) in [7, 11) is 0. The van der Waals surface area contributed by atoms with Gasteiger partial charge in [0.25, 0.3) is 0 Å². The number of hydrogen-bond donors (Lipinski definition) is 1. The Morgan fingerprint density at radius 3 is 2.76 bits per heavy atom. The predicted molar refractivity (Wildman–Crippen MR) is 84.3 cm³/mol. The number of ether oxygens (including phenoxy) is 1. The van der Waals surface area contributed by atoms with Crippen molar-refractivity contribution in [2.75, 3.05) is 26.3 Å². The van der Waals surface area contributed by atoms with Crippen molar-refractivity contribution in [1.82, 2.24) is 4.90 Å². The Balaban J connectivity index is 0.00000161. The molecule has 1 aromatic rings. The molecule has 0 aliphatic carbocycles. The minimum absolute atomic E-state index is 0. The van der Waals surface area contributed by atoms with Crippen LogP contribution in [0.25, 0.3) is 0 Å². The van der Waals surface area contributed by atoms with E-state index in [1.807, 2.05) is 35.2 Å². The highest BCUT2D eigenvalue weighted by Gasteiger charge is 2.42. The fourth-order valence-electron chi connectivity index (χ4n) is 3.25. The first-order valence-corrected chi connectivity index (χ1v) is 7.35. The molecule has 2 aliphatic heterocycles. The van der Waals surface area contributed by atoms with Crippen LogP contribution in [0.3, 0.4) is 0 Å². The van der Waals surface area contributed by atoms with Crippen LogP contribution in [-0.2, 0) is 9.53 Å². The highest BCUT2D eigenvalue weighted by atomic mass is 35.5. The Labute approximate surface area is 132 Å². The number of hydrogen-bond acceptors (Lipinski definition) is 3. The maximum atomic E-state index is 12.4. The molecule has 0 aromatic heterocycles. The summed E-state index contributed by atoms with van der Waals surface area (Å²) in [6.45, 7) is 3.34. The lowest BCUT2D eigenvalue weighted by atomic mass is 9.87. The van der Waals surface area contributed by atoms with E-state index in [1.165, 1.54) is 0 Å². The number of rotatable bonds is 3. The highest BCUT2D eigenvalue weighted by Crippen LogP contribution is 2.38. The molecule has 2 heterocycles. The summed E-state index contributed by atoms with van der Waals surface area (Å²) >= 11 is 0. The summed E-state index contributed by atoms with van der Waals surface area (Å²) in [5, 5.41) is 0. The second-order valence-corrected chi connectivity index (χ2v) is 6.09. The number of amides is 1. The monoisotopic (exact) mass is 310 g/mol. The second kappa shape index (κ2) is 6.77. The zero-order chi connectivity index (χ0) is 14.0. The summed E-state index contributed by atoms with van der Waals surface area (Å²) in [4.78, 5) is 14.3. The molecule has 21 heavy (non-hydrogen) atoms. The smallest absolute Gasteiger partial charge is 0.224 e. The average molecular weight is 311 g/mol. The van der Waals surface area contributed by atoms with Crippen LogP contribution in [0, 0.1) is 5.41 Å². The lowest BCUT2D eigenvalue weighted by Gasteiger charge is -2.23. The molecule has 116 valence electrons. The molecule has 1 spiro atoms. The van der Waals surface area contributed by atoms with Crippen LogP contribution >= 0.6 is 12.4 Å². The van der Waals surface area contributed by atoms with Gasteiger partial charge in [0, 0.05) is 37.6 Å². The zero-order valence-corrected chi connectivity index (χ0v) is 13.0. The van der Waals surface area contributed by atoms with Gasteiger partial charge in [0.05, 0.1) is 6.61 Å². The maximum absolute atomic E-state index is 12.4. The van der Waals surface area contributed by atoms with Crippen molar-refractivity contribution < 1.29 is 9.53 Å². The van der Waals surface area contributed by atoms with Gasteiger partial charge in [0.1, 0.15) is 0 Å². The normalized spacial score (nSPS) is 25.9. The molecule has 1 amide bonds. The Morgan fingerprint density at radius 1 is 1.33 bits per heavy atom. The number of carbonyl (C=O) groups is 1. The summed E-state index contributed by atoms with van der Waals surface area (Å²) in [5.41, 5.74) is 7.39. The quantitative estimate of drug-likeness (QED) is 0.930. The van der Waals surface area contributed by atoms with Crippen molar-refractivity contribution in [2.24, 2.45) is 11.1 Å². The average Bonchev–Trinajstić information content (AvgIpc) is 3.10. The van der Waals surface area contributed by atoms with E-state index in [4.69, 9.17) is 10.5 Å². The van der Waals surface area contributed by atoms with Crippen LogP contribution in [0.5, 0.6) is 0 Å². The molecule has 2 atom stereocenters. The standard InChI is InChI=1S/C16H22N2O2.ClH/c17-14(13-4-2-1-3-5-13)10-15(19)18-8-6-16(11-18)7-9-20-12-16;/h1-5,14H,6-12,17H2;1H. The molecule has 5 heteroatoms. The van der Waals surface area contributed by atoms with Crippen molar-refractivity contribution in [3.05, 3.63) is 35.9 Å². The van der Waals surface area contributed by atoms with Gasteiger partial charge >= 0.3 is 0 Å². The third kappa shape index (κ3) is 3.57. The molecule has 2 aliphatic rings. The number of nitrogens with zero attached hydrogens (tertiary/aromatic N) is 1. The fraction of sp³-hybridized carbons (Fsp3) is 0.562. The number of halogens is 1. The third-order valence-electron chi connectivity index (χ3n) is 4.60. The minimum Gasteiger partial charge on any atom is -0.381 e. The lowest BCUT2D eigenvalue weighted by molar-refractivity contribution is -0.131. The molecule has 3 rings (SSSR count). The van der Waals surface area contributed by atoms with E-state index in [0.29, 0.717) is 6.42 Å². The largest absolute Gasteiger partial charge is 0.381 e. The predicted octanol–water partition coefficient (Wildman–Crippen LogP) is 2.14. The Hall–Kier alpha value is -1.10. The van der Waals surface area contributed by atoms with E-state index in [1.54, 1.807) is 0 Å². The number of benzene rings is 1. The number of nitrogens with two attached hydrogens (primary N) is 1. The van der Waals surface area contributed by atoms with Gasteiger partial charge in [-0.15, -0.1) is 12.4 Å². The molecule has 1 aromatic carbocycles. The topological polar surface area (TPSA) is 55.6 Å². The SMILES string of the molecule is Cl.NC(CC(=O)N1CCC2(CCOC2)C1)c1ccccc1. The van der Waals surface area contributed by atoms with Gasteiger partial charge < -0.3 is 15.4 Å². The van der Waals surface area contributed by atoms with Gasteiger partial charge in [-0.2, -0.15) is 0 Å². The van der Waals surface area contributed by atoms with Crippen molar-refractivity contribution in [3.8, 4) is 0 Å². The molecule has 2 fully saturated rings. The van der Waals surface area contributed by atoms with Crippen molar-refractivity contribution in [1.29, 1.82) is 0 Å². The van der Waals surface area contributed by atoms with Gasteiger partial charge in [-0.1, -0.05) is 30.3 Å². The summed E-state index contributed by atoms with van der Waals surface area (Å²) in [5.74, 6) is 0.171. The van der Waals surface area contributed by atoms with Crippen molar-refractivity contribution >= 4 is 18.3 Å². The van der Waals surface area contributed by atoms with E-state index in [-0.39, 0.29) is 29.8 Å². The van der Waals surface area contributed by atoms with Crippen LogP contribution in [0.1, 0.15) is 30.9 Å². The van der Waals surface area contributed by atoms with Gasteiger partial charge in [0.15, 0.2) is 0 Å². The van der Waals surface area contributed by atoms with Crippen molar-refractivity contribution in [3.63, 3.8) is 0 Å². The fourth-order valence-corrected chi connectivity index (χ4v) is 3.25. The molecule has 2 saturated heterocycles. The molecule has 0 saturated carbocycles. The van der Waals surface area contributed by atoms with E-state index in [2.05, 4.69) is 0 Å². The second-order valence-electron chi connectivity index (χ2n) is 6.09. The summed E-state index contributed by atoms with van der Waals surface area (Å²) in [6.07, 6.45) is 2.54. The summed E-state index contributed by atoms with van der Waals surface area (Å²) in [6, 6.07) is 9.63.